The predicted octanol–water partition coefficient (Wildman–Crippen LogP) is 2.54. The molecule has 20 heavy (non-hydrogen) atoms. The molecule has 0 spiro atoms. The number of Topliss-reactive ketones (excluding diaryl/α,β-unsaturated/α-hetero) is 1. The van der Waals surface area contributed by atoms with Crippen molar-refractivity contribution in [3.8, 4) is 0 Å². The largest absolute Gasteiger partial charge is 0.398 e. The molecule has 0 bridgehead atoms. The number of carbonyl (C=O) groups excluding carboxylic acids is 1. The highest BCUT2D eigenvalue weighted by Crippen LogP contribution is 2.27. The number of nitrogen functional groups attached to an aromatic ring is 1. The molecule has 1 aromatic carbocycles. The summed E-state index contributed by atoms with van der Waals surface area (Å²) in [6, 6.07) is 5.81. The Balaban J connectivity index is 0.000000612. The van der Waals surface area contributed by atoms with Gasteiger partial charge in [0.15, 0.2) is 5.78 Å². The van der Waals surface area contributed by atoms with Crippen LogP contribution in [0.15, 0.2) is 18.2 Å². The van der Waals surface area contributed by atoms with Crippen LogP contribution in [0.4, 0.5) is 11.4 Å². The molecule has 4 nitrogen and oxygen atoms in total. The Hall–Kier alpha value is -1.55. The van der Waals surface area contributed by atoms with Gasteiger partial charge in [0.25, 0.3) is 0 Å². The summed E-state index contributed by atoms with van der Waals surface area (Å²) < 4.78 is 0. The average molecular weight is 277 g/mol. The van der Waals surface area contributed by atoms with Gasteiger partial charge < -0.3 is 16.0 Å². The Morgan fingerprint density at radius 2 is 2.10 bits per heavy atom. The number of hydrogen-bond donors (Lipinski definition) is 2. The van der Waals surface area contributed by atoms with Gasteiger partial charge >= 0.3 is 0 Å². The second-order valence-corrected chi connectivity index (χ2v) is 5.39. The second kappa shape index (κ2) is 7.90. The van der Waals surface area contributed by atoms with Crippen molar-refractivity contribution in [3.05, 3.63) is 23.8 Å². The van der Waals surface area contributed by atoms with Gasteiger partial charge in [0, 0.05) is 36.4 Å². The SMILES string of the molecule is CCC(=O)c1cc(N2CCC(C)C2)ccc1N.CNC. The van der Waals surface area contributed by atoms with Crippen molar-refractivity contribution in [2.24, 2.45) is 5.92 Å². The molecule has 1 aliphatic rings. The first-order valence-electron chi connectivity index (χ1n) is 7.29. The number of carbonyl (C=O) groups is 1. The summed E-state index contributed by atoms with van der Waals surface area (Å²) in [7, 11) is 3.75. The zero-order chi connectivity index (χ0) is 15.1. The Morgan fingerprint density at radius 3 is 2.60 bits per heavy atom. The van der Waals surface area contributed by atoms with Gasteiger partial charge in [0.1, 0.15) is 0 Å². The third-order valence-electron chi connectivity index (χ3n) is 3.45. The molecule has 0 aromatic heterocycles. The minimum atomic E-state index is 0.122. The molecule has 0 aliphatic carbocycles. The fraction of sp³-hybridized carbons (Fsp3) is 0.562. The van der Waals surface area contributed by atoms with Crippen molar-refractivity contribution in [2.45, 2.75) is 26.7 Å². The van der Waals surface area contributed by atoms with Crippen LogP contribution in [0.25, 0.3) is 0 Å². The minimum Gasteiger partial charge on any atom is -0.398 e. The molecular formula is C16H27N3O. The van der Waals surface area contributed by atoms with Gasteiger partial charge in [0.2, 0.25) is 0 Å². The lowest BCUT2D eigenvalue weighted by atomic mass is 10.1. The summed E-state index contributed by atoms with van der Waals surface area (Å²) in [6.45, 7) is 6.27. The van der Waals surface area contributed by atoms with Crippen LogP contribution in [-0.2, 0) is 0 Å². The Bertz CT molecular complexity index is 445. The summed E-state index contributed by atoms with van der Waals surface area (Å²) in [6.07, 6.45) is 1.73. The fourth-order valence-electron chi connectivity index (χ4n) is 2.34. The molecule has 0 radical (unpaired) electrons. The maximum absolute atomic E-state index is 11.8. The standard InChI is InChI=1S/C14H20N2O.C2H7N/c1-3-14(17)12-8-11(4-5-13(12)15)16-7-6-10(2)9-16;1-3-2/h4-5,8,10H,3,6-7,9,15H2,1-2H3;3H,1-2H3. The Labute approximate surface area is 122 Å². The predicted molar refractivity (Wildman–Crippen MR) is 86.5 cm³/mol. The van der Waals surface area contributed by atoms with Crippen molar-refractivity contribution < 1.29 is 4.79 Å². The molecule has 0 saturated carbocycles. The highest BCUT2D eigenvalue weighted by atomic mass is 16.1. The van der Waals surface area contributed by atoms with E-state index in [4.69, 9.17) is 5.73 Å². The van der Waals surface area contributed by atoms with E-state index in [2.05, 4.69) is 17.1 Å². The monoisotopic (exact) mass is 277 g/mol. The van der Waals surface area contributed by atoms with Crippen molar-refractivity contribution >= 4 is 17.2 Å². The molecule has 1 heterocycles. The fourth-order valence-corrected chi connectivity index (χ4v) is 2.34. The van der Waals surface area contributed by atoms with Crippen molar-refractivity contribution in [1.29, 1.82) is 0 Å². The number of hydrogen-bond acceptors (Lipinski definition) is 4. The summed E-state index contributed by atoms with van der Waals surface area (Å²) in [5.74, 6) is 0.856. The number of nitrogens with two attached hydrogens (primary N) is 1. The van der Waals surface area contributed by atoms with Gasteiger partial charge in [-0.15, -0.1) is 0 Å². The summed E-state index contributed by atoms with van der Waals surface area (Å²) in [4.78, 5) is 14.1. The molecule has 1 atom stereocenters. The molecule has 0 amide bonds. The first-order chi connectivity index (χ1) is 9.53. The van der Waals surface area contributed by atoms with Crippen LogP contribution in [0, 0.1) is 5.92 Å². The highest BCUT2D eigenvalue weighted by Gasteiger charge is 2.20. The van der Waals surface area contributed by atoms with E-state index >= 15 is 0 Å². The number of anilines is 2. The Kier molecular flexibility index (Phi) is 6.52. The topological polar surface area (TPSA) is 58.4 Å². The van der Waals surface area contributed by atoms with E-state index < -0.39 is 0 Å². The van der Waals surface area contributed by atoms with Crippen LogP contribution in [0.5, 0.6) is 0 Å². The van der Waals surface area contributed by atoms with E-state index in [0.29, 0.717) is 17.7 Å². The molecular weight excluding hydrogens is 250 g/mol. The third kappa shape index (κ3) is 4.23. The summed E-state index contributed by atoms with van der Waals surface area (Å²) in [5.41, 5.74) is 8.24. The van der Waals surface area contributed by atoms with E-state index in [1.807, 2.05) is 39.2 Å². The molecule has 2 rings (SSSR count). The molecule has 112 valence electrons. The van der Waals surface area contributed by atoms with Gasteiger partial charge in [-0.2, -0.15) is 0 Å². The first-order valence-corrected chi connectivity index (χ1v) is 7.29. The smallest absolute Gasteiger partial charge is 0.164 e. The van der Waals surface area contributed by atoms with Crippen molar-refractivity contribution in [1.82, 2.24) is 5.32 Å². The van der Waals surface area contributed by atoms with Crippen molar-refractivity contribution in [3.63, 3.8) is 0 Å². The number of benzene rings is 1. The van der Waals surface area contributed by atoms with Crippen LogP contribution in [0.3, 0.4) is 0 Å². The van der Waals surface area contributed by atoms with E-state index in [1.165, 1.54) is 6.42 Å². The maximum Gasteiger partial charge on any atom is 0.164 e. The lowest BCUT2D eigenvalue weighted by Gasteiger charge is -2.19. The zero-order valence-electron chi connectivity index (χ0n) is 13.1. The molecule has 1 fully saturated rings. The molecule has 1 saturated heterocycles. The van der Waals surface area contributed by atoms with E-state index in [-0.39, 0.29) is 5.78 Å². The van der Waals surface area contributed by atoms with Crippen LogP contribution in [0.1, 0.15) is 37.0 Å². The second-order valence-electron chi connectivity index (χ2n) is 5.39. The van der Waals surface area contributed by atoms with Gasteiger partial charge in [-0.05, 0) is 44.6 Å². The third-order valence-corrected chi connectivity index (χ3v) is 3.45. The molecule has 3 N–H and O–H groups in total. The quantitative estimate of drug-likeness (QED) is 0.658. The highest BCUT2D eigenvalue weighted by molar-refractivity contribution is 6.01. The van der Waals surface area contributed by atoms with E-state index in [1.54, 1.807) is 0 Å². The van der Waals surface area contributed by atoms with E-state index in [9.17, 15) is 4.79 Å². The van der Waals surface area contributed by atoms with Crippen molar-refractivity contribution in [2.75, 3.05) is 37.8 Å². The number of nitrogens with zero attached hydrogens (tertiary/aromatic N) is 1. The van der Waals surface area contributed by atoms with Gasteiger partial charge in [0.05, 0.1) is 0 Å². The molecule has 1 aliphatic heterocycles. The maximum atomic E-state index is 11.8. The van der Waals surface area contributed by atoms with E-state index in [0.717, 1.165) is 24.7 Å². The zero-order valence-corrected chi connectivity index (χ0v) is 13.1. The first kappa shape index (κ1) is 16.5. The van der Waals surface area contributed by atoms with Gasteiger partial charge in [-0.25, -0.2) is 0 Å². The molecule has 1 unspecified atom stereocenters. The molecule has 1 aromatic rings. The summed E-state index contributed by atoms with van der Waals surface area (Å²) >= 11 is 0. The Morgan fingerprint density at radius 1 is 1.45 bits per heavy atom. The van der Waals surface area contributed by atoms with Crippen LogP contribution >= 0.6 is 0 Å². The minimum absolute atomic E-state index is 0.122. The number of nitrogens with one attached hydrogen (secondary N) is 1. The lowest BCUT2D eigenvalue weighted by molar-refractivity contribution is 0.0989. The average Bonchev–Trinajstić information content (AvgIpc) is 2.86. The van der Waals surface area contributed by atoms with Gasteiger partial charge in [-0.3, -0.25) is 4.79 Å². The molecule has 4 heteroatoms. The lowest BCUT2D eigenvalue weighted by Crippen LogP contribution is -2.19. The van der Waals surface area contributed by atoms with Crippen LogP contribution < -0.4 is 16.0 Å². The van der Waals surface area contributed by atoms with Crippen LogP contribution in [-0.4, -0.2) is 33.0 Å². The number of rotatable bonds is 3. The normalized spacial score (nSPS) is 17.6. The number of ketones is 1. The van der Waals surface area contributed by atoms with Gasteiger partial charge in [-0.1, -0.05) is 13.8 Å². The van der Waals surface area contributed by atoms with Crippen LogP contribution in [0.2, 0.25) is 0 Å². The summed E-state index contributed by atoms with van der Waals surface area (Å²) in [5, 5.41) is 2.75.